The lowest BCUT2D eigenvalue weighted by Gasteiger charge is -2.10. The third-order valence-electron chi connectivity index (χ3n) is 2.96. The summed E-state index contributed by atoms with van der Waals surface area (Å²) in [6, 6.07) is 12.5. The first kappa shape index (κ1) is 11.7. The Morgan fingerprint density at radius 3 is 2.79 bits per heavy atom. The summed E-state index contributed by atoms with van der Waals surface area (Å²) >= 11 is 0. The minimum atomic E-state index is -0.776. The molecule has 5 nitrogen and oxygen atoms in total. The molecular formula is C14H12N2O3. The predicted octanol–water partition coefficient (Wildman–Crippen LogP) is 1.72. The second-order valence-corrected chi connectivity index (χ2v) is 4.23. The van der Waals surface area contributed by atoms with Gasteiger partial charge in [0.15, 0.2) is 11.2 Å². The van der Waals surface area contributed by atoms with Crippen LogP contribution in [0, 0.1) is 0 Å². The summed E-state index contributed by atoms with van der Waals surface area (Å²) < 4.78 is 6.41. The van der Waals surface area contributed by atoms with Crippen molar-refractivity contribution in [3.05, 3.63) is 64.8 Å². The SMILES string of the molecule is O=c1oc2cccnc2n1CC(O)c1ccccc1. The first-order valence-electron chi connectivity index (χ1n) is 5.93. The number of oxazole rings is 1. The zero-order valence-corrected chi connectivity index (χ0v) is 10.1. The Balaban J connectivity index is 1.98. The molecule has 0 radical (unpaired) electrons. The van der Waals surface area contributed by atoms with E-state index in [1.165, 1.54) is 4.57 Å². The Labute approximate surface area is 108 Å². The highest BCUT2D eigenvalue weighted by atomic mass is 16.4. The van der Waals surface area contributed by atoms with Crippen molar-refractivity contribution in [2.24, 2.45) is 0 Å². The number of benzene rings is 1. The molecule has 96 valence electrons. The number of aliphatic hydroxyl groups excluding tert-OH is 1. The highest BCUT2D eigenvalue weighted by molar-refractivity contribution is 5.67. The van der Waals surface area contributed by atoms with Crippen LogP contribution in [0.2, 0.25) is 0 Å². The standard InChI is InChI=1S/C14H12N2O3/c17-11(10-5-2-1-3-6-10)9-16-13-12(19-14(16)18)7-4-8-15-13/h1-8,11,17H,9H2. The lowest BCUT2D eigenvalue weighted by atomic mass is 10.1. The summed E-state index contributed by atoms with van der Waals surface area (Å²) in [7, 11) is 0. The molecule has 2 aromatic heterocycles. The normalized spacial score (nSPS) is 12.7. The number of pyridine rings is 1. The molecule has 0 amide bonds. The first-order chi connectivity index (χ1) is 9.25. The highest BCUT2D eigenvalue weighted by Gasteiger charge is 2.15. The highest BCUT2D eigenvalue weighted by Crippen LogP contribution is 2.16. The van der Waals surface area contributed by atoms with Crippen molar-refractivity contribution in [1.82, 2.24) is 9.55 Å². The van der Waals surface area contributed by atoms with Crippen molar-refractivity contribution >= 4 is 11.2 Å². The number of fused-ring (bicyclic) bond motifs is 1. The predicted molar refractivity (Wildman–Crippen MR) is 69.7 cm³/mol. The summed E-state index contributed by atoms with van der Waals surface area (Å²) in [5.41, 5.74) is 1.62. The third kappa shape index (κ3) is 2.15. The topological polar surface area (TPSA) is 68.3 Å². The van der Waals surface area contributed by atoms with Crippen LogP contribution >= 0.6 is 0 Å². The molecule has 3 aromatic rings. The molecule has 0 bridgehead atoms. The first-order valence-corrected chi connectivity index (χ1v) is 5.93. The summed E-state index contributed by atoms with van der Waals surface area (Å²) in [5.74, 6) is -0.510. The van der Waals surface area contributed by atoms with E-state index in [1.54, 1.807) is 18.3 Å². The molecule has 2 heterocycles. The van der Waals surface area contributed by atoms with Crippen LogP contribution in [0.1, 0.15) is 11.7 Å². The maximum Gasteiger partial charge on any atom is 0.421 e. The minimum Gasteiger partial charge on any atom is -0.406 e. The van der Waals surface area contributed by atoms with Crippen LogP contribution in [0.5, 0.6) is 0 Å². The van der Waals surface area contributed by atoms with Crippen molar-refractivity contribution in [3.8, 4) is 0 Å². The van der Waals surface area contributed by atoms with Crippen molar-refractivity contribution in [3.63, 3.8) is 0 Å². The van der Waals surface area contributed by atoms with Crippen LogP contribution in [0.15, 0.2) is 57.9 Å². The molecule has 1 unspecified atom stereocenters. The Kier molecular flexibility index (Phi) is 2.89. The number of hydrogen-bond acceptors (Lipinski definition) is 4. The van der Waals surface area contributed by atoms with Gasteiger partial charge in [-0.3, -0.25) is 4.57 Å². The average molecular weight is 256 g/mol. The van der Waals surface area contributed by atoms with Crippen molar-refractivity contribution in [2.45, 2.75) is 12.6 Å². The van der Waals surface area contributed by atoms with E-state index < -0.39 is 11.9 Å². The molecule has 1 aromatic carbocycles. The zero-order chi connectivity index (χ0) is 13.2. The molecule has 3 rings (SSSR count). The molecule has 0 saturated carbocycles. The van der Waals surface area contributed by atoms with Gasteiger partial charge in [-0.05, 0) is 17.7 Å². The molecule has 0 aliphatic heterocycles. The fourth-order valence-corrected chi connectivity index (χ4v) is 2.01. The number of nitrogens with zero attached hydrogens (tertiary/aromatic N) is 2. The Morgan fingerprint density at radius 2 is 2.00 bits per heavy atom. The van der Waals surface area contributed by atoms with E-state index in [4.69, 9.17) is 4.42 Å². The monoisotopic (exact) mass is 256 g/mol. The molecule has 0 fully saturated rings. The minimum absolute atomic E-state index is 0.118. The van der Waals surface area contributed by atoms with Gasteiger partial charge in [-0.2, -0.15) is 0 Å². The van der Waals surface area contributed by atoms with E-state index >= 15 is 0 Å². The third-order valence-corrected chi connectivity index (χ3v) is 2.96. The van der Waals surface area contributed by atoms with Gasteiger partial charge in [0.2, 0.25) is 0 Å². The lowest BCUT2D eigenvalue weighted by molar-refractivity contribution is 0.154. The van der Waals surface area contributed by atoms with Crippen LogP contribution in [0.4, 0.5) is 0 Å². The molecule has 5 heteroatoms. The lowest BCUT2D eigenvalue weighted by Crippen LogP contribution is -2.19. The van der Waals surface area contributed by atoms with E-state index in [2.05, 4.69) is 4.98 Å². The molecule has 1 N–H and O–H groups in total. The van der Waals surface area contributed by atoms with E-state index in [-0.39, 0.29) is 6.54 Å². The fraction of sp³-hybridized carbons (Fsp3) is 0.143. The van der Waals surface area contributed by atoms with Gasteiger partial charge in [-0.25, -0.2) is 9.78 Å². The Bertz CT molecular complexity index is 746. The van der Waals surface area contributed by atoms with Crippen LogP contribution in [-0.4, -0.2) is 14.7 Å². The van der Waals surface area contributed by atoms with E-state index in [0.29, 0.717) is 11.2 Å². The van der Waals surface area contributed by atoms with E-state index in [0.717, 1.165) is 5.56 Å². The molecular weight excluding hydrogens is 244 g/mol. The van der Waals surface area contributed by atoms with Crippen molar-refractivity contribution < 1.29 is 9.52 Å². The molecule has 0 aliphatic rings. The summed E-state index contributed by atoms with van der Waals surface area (Å²) in [5, 5.41) is 10.1. The van der Waals surface area contributed by atoms with E-state index in [1.807, 2.05) is 30.3 Å². The van der Waals surface area contributed by atoms with Crippen LogP contribution in [0.25, 0.3) is 11.2 Å². The summed E-state index contributed by atoms with van der Waals surface area (Å²) in [6.07, 6.45) is 0.810. The van der Waals surface area contributed by atoms with Crippen molar-refractivity contribution in [2.75, 3.05) is 0 Å². The number of aliphatic hydroxyl groups is 1. The molecule has 19 heavy (non-hydrogen) atoms. The van der Waals surface area contributed by atoms with Gasteiger partial charge in [-0.15, -0.1) is 0 Å². The van der Waals surface area contributed by atoms with Crippen LogP contribution in [-0.2, 0) is 6.54 Å². The second-order valence-electron chi connectivity index (χ2n) is 4.23. The van der Waals surface area contributed by atoms with Gasteiger partial charge in [0.1, 0.15) is 0 Å². The number of hydrogen-bond donors (Lipinski definition) is 1. The second kappa shape index (κ2) is 4.70. The van der Waals surface area contributed by atoms with E-state index in [9.17, 15) is 9.90 Å². The van der Waals surface area contributed by atoms with Gasteiger partial charge in [-0.1, -0.05) is 30.3 Å². The Hall–Kier alpha value is -2.40. The molecule has 0 aliphatic carbocycles. The summed E-state index contributed by atoms with van der Waals surface area (Å²) in [4.78, 5) is 15.9. The van der Waals surface area contributed by atoms with Gasteiger partial charge in [0.05, 0.1) is 12.6 Å². The largest absolute Gasteiger partial charge is 0.421 e. The molecule has 1 atom stereocenters. The smallest absolute Gasteiger partial charge is 0.406 e. The number of rotatable bonds is 3. The van der Waals surface area contributed by atoms with Gasteiger partial charge in [0, 0.05) is 6.20 Å². The molecule has 0 spiro atoms. The van der Waals surface area contributed by atoms with Crippen LogP contribution in [0.3, 0.4) is 0 Å². The number of aromatic nitrogens is 2. The Morgan fingerprint density at radius 1 is 1.21 bits per heavy atom. The van der Waals surface area contributed by atoms with Gasteiger partial charge >= 0.3 is 5.76 Å². The molecule has 0 saturated heterocycles. The quantitative estimate of drug-likeness (QED) is 0.774. The zero-order valence-electron chi connectivity index (χ0n) is 10.1. The maximum absolute atomic E-state index is 11.8. The van der Waals surface area contributed by atoms with Gasteiger partial charge < -0.3 is 9.52 Å². The van der Waals surface area contributed by atoms with Crippen molar-refractivity contribution in [1.29, 1.82) is 0 Å². The average Bonchev–Trinajstić information content (AvgIpc) is 2.76. The maximum atomic E-state index is 11.8. The summed E-state index contributed by atoms with van der Waals surface area (Å²) in [6.45, 7) is 0.118. The fourth-order valence-electron chi connectivity index (χ4n) is 2.01. The van der Waals surface area contributed by atoms with Crippen LogP contribution < -0.4 is 5.76 Å². The van der Waals surface area contributed by atoms with Gasteiger partial charge in [0.25, 0.3) is 0 Å².